The fourth-order valence-corrected chi connectivity index (χ4v) is 6.92. The summed E-state index contributed by atoms with van der Waals surface area (Å²) in [6, 6.07) is -0.860. The number of quaternary nitrogens is 1. The molecule has 0 saturated carbocycles. The topological polar surface area (TPSA) is 105 Å². The average molecular weight is 922 g/mol. The van der Waals surface area contributed by atoms with Crippen LogP contribution >= 0.6 is 7.82 Å². The predicted octanol–water partition coefficient (Wildman–Crippen LogP) is 14.8. The molecule has 0 bridgehead atoms. The minimum atomic E-state index is -4.34. The summed E-state index contributed by atoms with van der Waals surface area (Å²) in [6.45, 7) is 4.57. The molecule has 1 amide bonds. The molecule has 0 rings (SSSR count). The molecular weight excluding hydrogens is 828 g/mol. The minimum Gasteiger partial charge on any atom is -0.387 e. The Morgan fingerprint density at radius 2 is 0.923 bits per heavy atom. The Kier molecular flexibility index (Phi) is 43.4. The van der Waals surface area contributed by atoms with Gasteiger partial charge in [-0.2, -0.15) is 0 Å². The van der Waals surface area contributed by atoms with Gasteiger partial charge in [0.2, 0.25) is 5.91 Å². The van der Waals surface area contributed by atoms with E-state index in [4.69, 9.17) is 9.05 Å². The normalized spacial score (nSPS) is 15.2. The van der Waals surface area contributed by atoms with E-state index >= 15 is 0 Å². The van der Waals surface area contributed by atoms with Crippen LogP contribution in [-0.4, -0.2) is 73.4 Å². The highest BCUT2D eigenvalue weighted by atomic mass is 31.2. The summed E-state index contributed by atoms with van der Waals surface area (Å²) in [4.78, 5) is 23.0. The molecule has 8 nitrogen and oxygen atoms in total. The highest BCUT2D eigenvalue weighted by Gasteiger charge is 2.27. The van der Waals surface area contributed by atoms with Crippen molar-refractivity contribution >= 4 is 13.7 Å². The molecule has 0 spiro atoms. The number of hydrogen-bond acceptors (Lipinski definition) is 5. The number of rotatable bonds is 43. The lowest BCUT2D eigenvalue weighted by atomic mass is 10.1. The number of allylic oxidation sites excluding steroid dienone is 21. The van der Waals surface area contributed by atoms with Crippen molar-refractivity contribution in [2.24, 2.45) is 0 Å². The molecule has 0 aliphatic heterocycles. The smallest absolute Gasteiger partial charge is 0.387 e. The number of nitrogens with zero attached hydrogens (tertiary/aromatic N) is 1. The number of hydrogen-bond donors (Lipinski definition) is 3. The van der Waals surface area contributed by atoms with Crippen molar-refractivity contribution in [3.05, 3.63) is 134 Å². The molecule has 0 radical (unpaired) electrons. The van der Waals surface area contributed by atoms with Crippen LogP contribution in [0, 0.1) is 0 Å². The van der Waals surface area contributed by atoms with Gasteiger partial charge in [-0.1, -0.05) is 192 Å². The minimum absolute atomic E-state index is 0.0502. The van der Waals surface area contributed by atoms with Crippen molar-refractivity contribution in [1.82, 2.24) is 5.32 Å². The van der Waals surface area contributed by atoms with Crippen LogP contribution in [0.1, 0.15) is 162 Å². The standard InChI is InChI=1S/C56H93N2O6P/c1-6-8-10-12-14-15-16-17-18-19-20-21-22-23-24-25-26-27-28-29-30-31-32-33-34-35-36-37-38-39-40-41-42-43-44-46-48-50-56(60)57-54(55(59)49-47-45-13-11-9-7-2)53-64-65(61,62)63-52-51-58(3,4)5/h8,10,14-15,17-18,20-21,23-24,26-27,29-30,32-33,35-36,38-39,47,49,54-55,59H,6-7,9,11-13,16,19,22,25,28,31,34,37,40-46,48,50-53H2,1-5H3,(H-,57,60,61,62)/p+1/b10-8-,15-14-,18-17-,21-20-,24-23-,27-26-,30-29-,33-32-,36-35-,39-38-,49-47+. The summed E-state index contributed by atoms with van der Waals surface area (Å²) in [5.41, 5.74) is 0. The van der Waals surface area contributed by atoms with Crippen LogP contribution in [0.2, 0.25) is 0 Å². The molecule has 0 aliphatic carbocycles. The van der Waals surface area contributed by atoms with Crippen LogP contribution in [0.4, 0.5) is 0 Å². The number of aliphatic hydroxyl groups is 1. The SMILES string of the molecule is CC/C=C\C/C=C\C/C=C\C/C=C\C/C=C\C/C=C\C/C=C\C/C=C\C/C=C\C/C=C\CCCCCCCCC(=O)NC(COP(=O)(O)OCC[N+](C)(C)C)C(O)/C=C/CCCCCC. The Labute approximate surface area is 398 Å². The van der Waals surface area contributed by atoms with Crippen LogP contribution in [0.25, 0.3) is 0 Å². The van der Waals surface area contributed by atoms with E-state index < -0.39 is 20.0 Å². The number of carbonyl (C=O) groups excluding carboxylic acids is 1. The summed E-state index contributed by atoms with van der Waals surface area (Å²) in [6.07, 6.45) is 70.1. The molecule has 0 heterocycles. The van der Waals surface area contributed by atoms with Gasteiger partial charge in [0.25, 0.3) is 0 Å². The summed E-state index contributed by atoms with van der Waals surface area (Å²) in [7, 11) is 1.53. The molecule has 0 aliphatic rings. The van der Waals surface area contributed by atoms with E-state index in [0.717, 1.165) is 128 Å². The zero-order chi connectivity index (χ0) is 47.8. The van der Waals surface area contributed by atoms with Crippen LogP contribution in [0.15, 0.2) is 134 Å². The number of amides is 1. The largest absolute Gasteiger partial charge is 0.472 e. The maximum Gasteiger partial charge on any atom is 0.472 e. The van der Waals surface area contributed by atoms with Gasteiger partial charge in [-0.05, 0) is 96.3 Å². The second-order valence-electron chi connectivity index (χ2n) is 17.5. The number of likely N-dealkylation sites (N-methyl/N-ethyl adjacent to an activating group) is 1. The van der Waals surface area contributed by atoms with Crippen molar-refractivity contribution in [3.8, 4) is 0 Å². The molecule has 0 aromatic rings. The van der Waals surface area contributed by atoms with Crippen molar-refractivity contribution in [1.29, 1.82) is 0 Å². The molecule has 3 N–H and O–H groups in total. The number of phosphoric acid groups is 1. The highest BCUT2D eigenvalue weighted by Crippen LogP contribution is 2.43. The first kappa shape index (κ1) is 61.6. The van der Waals surface area contributed by atoms with E-state index in [1.54, 1.807) is 6.08 Å². The van der Waals surface area contributed by atoms with Gasteiger partial charge in [0.05, 0.1) is 39.9 Å². The van der Waals surface area contributed by atoms with Crippen LogP contribution in [0.3, 0.4) is 0 Å². The van der Waals surface area contributed by atoms with Gasteiger partial charge in [-0.15, -0.1) is 0 Å². The number of nitrogens with one attached hydrogen (secondary N) is 1. The number of unbranched alkanes of at least 4 members (excludes halogenated alkanes) is 10. The van der Waals surface area contributed by atoms with E-state index in [9.17, 15) is 19.4 Å². The Morgan fingerprint density at radius 1 is 0.538 bits per heavy atom. The first-order valence-corrected chi connectivity index (χ1v) is 26.6. The lowest BCUT2D eigenvalue weighted by molar-refractivity contribution is -0.870. The highest BCUT2D eigenvalue weighted by molar-refractivity contribution is 7.47. The van der Waals surface area contributed by atoms with Gasteiger partial charge in [-0.25, -0.2) is 4.57 Å². The number of carbonyl (C=O) groups is 1. The molecule has 65 heavy (non-hydrogen) atoms. The van der Waals surface area contributed by atoms with Gasteiger partial charge in [0.15, 0.2) is 0 Å². The third kappa shape index (κ3) is 48.4. The monoisotopic (exact) mass is 922 g/mol. The maximum atomic E-state index is 12.8. The van der Waals surface area contributed by atoms with Crippen LogP contribution < -0.4 is 5.32 Å². The van der Waals surface area contributed by atoms with Gasteiger partial charge in [0.1, 0.15) is 13.2 Å². The second kappa shape index (κ2) is 45.8. The van der Waals surface area contributed by atoms with Crippen LogP contribution in [0.5, 0.6) is 0 Å². The summed E-state index contributed by atoms with van der Waals surface area (Å²) in [5.74, 6) is -0.205. The van der Waals surface area contributed by atoms with Crippen molar-refractivity contribution in [2.45, 2.75) is 174 Å². The lowest BCUT2D eigenvalue weighted by Crippen LogP contribution is -2.45. The molecule has 368 valence electrons. The third-order valence-corrected chi connectivity index (χ3v) is 11.1. The molecule has 0 saturated heterocycles. The van der Waals surface area contributed by atoms with Crippen LogP contribution in [-0.2, 0) is 18.4 Å². The van der Waals surface area contributed by atoms with E-state index in [-0.39, 0.29) is 19.1 Å². The zero-order valence-electron chi connectivity index (χ0n) is 41.7. The van der Waals surface area contributed by atoms with E-state index in [0.29, 0.717) is 17.4 Å². The predicted molar refractivity (Wildman–Crippen MR) is 281 cm³/mol. The zero-order valence-corrected chi connectivity index (χ0v) is 42.6. The van der Waals surface area contributed by atoms with Gasteiger partial charge in [-0.3, -0.25) is 13.8 Å². The Bertz CT molecular complexity index is 1510. The Hall–Kier alpha value is -3.36. The molecule has 0 fully saturated rings. The summed E-state index contributed by atoms with van der Waals surface area (Å²) in [5, 5.41) is 13.7. The Morgan fingerprint density at radius 3 is 1.35 bits per heavy atom. The quantitative estimate of drug-likeness (QED) is 0.0244. The number of aliphatic hydroxyl groups excluding tert-OH is 1. The first-order valence-electron chi connectivity index (χ1n) is 25.1. The third-order valence-electron chi connectivity index (χ3n) is 10.1. The van der Waals surface area contributed by atoms with Gasteiger partial charge >= 0.3 is 7.82 Å². The molecule has 0 aromatic heterocycles. The molecule has 9 heteroatoms. The molecular formula is C56H94N2O6P+. The fourth-order valence-electron chi connectivity index (χ4n) is 6.18. The molecule has 3 atom stereocenters. The number of phosphoric ester groups is 1. The van der Waals surface area contributed by atoms with E-state index in [1.165, 1.54) is 12.8 Å². The molecule has 3 unspecified atom stereocenters. The first-order chi connectivity index (χ1) is 31.5. The average Bonchev–Trinajstić information content (AvgIpc) is 3.26. The summed E-state index contributed by atoms with van der Waals surface area (Å²) < 4.78 is 23.4. The van der Waals surface area contributed by atoms with E-state index in [1.807, 2.05) is 27.2 Å². The van der Waals surface area contributed by atoms with Crippen molar-refractivity contribution in [2.75, 3.05) is 40.9 Å². The molecule has 0 aromatic carbocycles. The summed E-state index contributed by atoms with van der Waals surface area (Å²) >= 11 is 0. The lowest BCUT2D eigenvalue weighted by Gasteiger charge is -2.25. The maximum absolute atomic E-state index is 12.8. The van der Waals surface area contributed by atoms with Crippen molar-refractivity contribution < 1.29 is 32.9 Å². The van der Waals surface area contributed by atoms with E-state index in [2.05, 4.69) is 141 Å². The van der Waals surface area contributed by atoms with Gasteiger partial charge in [0, 0.05) is 6.42 Å². The van der Waals surface area contributed by atoms with Gasteiger partial charge < -0.3 is 19.8 Å². The fraction of sp³-hybridized carbons (Fsp3) is 0.589. The second-order valence-corrected chi connectivity index (χ2v) is 18.9. The van der Waals surface area contributed by atoms with Crippen molar-refractivity contribution in [3.63, 3.8) is 0 Å². The Balaban J connectivity index is 4.07.